The molecular weight excluding hydrogens is 645 g/mol. The van der Waals surface area contributed by atoms with Gasteiger partial charge in [-0.15, -0.1) is 0 Å². The summed E-state index contributed by atoms with van der Waals surface area (Å²) in [5.74, 6) is -0.554. The van der Waals surface area contributed by atoms with E-state index in [0.717, 1.165) is 9.87 Å². The highest BCUT2D eigenvalue weighted by Crippen LogP contribution is 2.29. The zero-order valence-electron chi connectivity index (χ0n) is 25.9. The number of ether oxygens (including phenoxy) is 1. The molecule has 4 aromatic rings. The van der Waals surface area contributed by atoms with E-state index >= 15 is 0 Å². The number of nitrogens with zero attached hydrogens (tertiary/aromatic N) is 2. The Kier molecular flexibility index (Phi) is 12.1. The molecule has 11 heteroatoms. The summed E-state index contributed by atoms with van der Waals surface area (Å²) in [7, 11) is -2.76. The first-order chi connectivity index (χ1) is 22.0. The fourth-order valence-electron chi connectivity index (χ4n) is 4.84. The third-order valence-corrected chi connectivity index (χ3v) is 9.95. The maximum Gasteiger partial charge on any atom is 0.264 e. The third kappa shape index (κ3) is 8.81. The number of benzene rings is 4. The second kappa shape index (κ2) is 16.0. The van der Waals surface area contributed by atoms with Gasteiger partial charge < -0.3 is 15.0 Å². The van der Waals surface area contributed by atoms with E-state index in [1.165, 1.54) is 24.1 Å². The van der Waals surface area contributed by atoms with Crippen LogP contribution in [0.25, 0.3) is 0 Å². The van der Waals surface area contributed by atoms with Gasteiger partial charge in [-0.05, 0) is 60.9 Å². The van der Waals surface area contributed by atoms with Gasteiger partial charge in [0.1, 0.15) is 18.3 Å². The van der Waals surface area contributed by atoms with E-state index < -0.39 is 28.5 Å². The molecule has 2 atom stereocenters. The number of nitrogens with one attached hydrogen (secondary N) is 1. The Hall–Kier alpha value is -4.05. The summed E-state index contributed by atoms with van der Waals surface area (Å²) in [6.07, 6.45) is 0.865. The van der Waals surface area contributed by atoms with Crippen LogP contribution in [-0.4, -0.2) is 50.9 Å². The molecule has 0 unspecified atom stereocenters. The number of anilines is 1. The molecule has 242 valence electrons. The molecule has 4 aromatic carbocycles. The van der Waals surface area contributed by atoms with Crippen LogP contribution in [0.1, 0.15) is 31.4 Å². The molecule has 0 spiro atoms. The lowest BCUT2D eigenvalue weighted by Crippen LogP contribution is -2.54. The molecule has 0 bridgehead atoms. The minimum absolute atomic E-state index is 0.00765. The van der Waals surface area contributed by atoms with Crippen LogP contribution in [0, 0.1) is 0 Å². The maximum absolute atomic E-state index is 14.6. The molecule has 0 saturated carbocycles. The van der Waals surface area contributed by atoms with Gasteiger partial charge in [-0.1, -0.05) is 90.8 Å². The van der Waals surface area contributed by atoms with Gasteiger partial charge in [-0.25, -0.2) is 8.42 Å². The molecule has 1 N–H and O–H groups in total. The highest BCUT2D eigenvalue weighted by Gasteiger charge is 2.35. The molecule has 0 fully saturated rings. The summed E-state index contributed by atoms with van der Waals surface area (Å²) in [6, 6.07) is 27.4. The second-order valence-corrected chi connectivity index (χ2v) is 13.5. The van der Waals surface area contributed by atoms with Gasteiger partial charge in [0.25, 0.3) is 10.0 Å². The van der Waals surface area contributed by atoms with Crippen molar-refractivity contribution < 1.29 is 22.7 Å². The largest absolute Gasteiger partial charge is 0.497 e. The zero-order valence-corrected chi connectivity index (χ0v) is 28.2. The van der Waals surface area contributed by atoms with E-state index in [2.05, 4.69) is 5.32 Å². The molecule has 8 nitrogen and oxygen atoms in total. The van der Waals surface area contributed by atoms with Crippen LogP contribution in [-0.2, 0) is 32.6 Å². The minimum Gasteiger partial charge on any atom is -0.497 e. The van der Waals surface area contributed by atoms with Gasteiger partial charge in [0.15, 0.2) is 0 Å². The molecule has 2 amide bonds. The summed E-state index contributed by atoms with van der Waals surface area (Å²) in [5.41, 5.74) is 1.60. The van der Waals surface area contributed by atoms with Gasteiger partial charge in [-0.2, -0.15) is 0 Å². The highest BCUT2D eigenvalue weighted by atomic mass is 35.5. The summed E-state index contributed by atoms with van der Waals surface area (Å²) in [6.45, 7) is 3.17. The Balaban J connectivity index is 1.83. The number of hydrogen-bond donors (Lipinski definition) is 1. The molecule has 0 radical (unpaired) electrons. The van der Waals surface area contributed by atoms with Crippen LogP contribution in [0.3, 0.4) is 0 Å². The smallest absolute Gasteiger partial charge is 0.264 e. The zero-order chi connectivity index (χ0) is 33.3. The monoisotopic (exact) mass is 681 g/mol. The normalized spacial score (nSPS) is 12.5. The number of halogens is 2. The van der Waals surface area contributed by atoms with E-state index in [9.17, 15) is 18.0 Å². The van der Waals surface area contributed by atoms with Crippen LogP contribution in [0.2, 0.25) is 10.0 Å². The number of rotatable bonds is 14. The van der Waals surface area contributed by atoms with Crippen molar-refractivity contribution in [2.45, 2.75) is 50.2 Å². The van der Waals surface area contributed by atoms with Gasteiger partial charge in [0.2, 0.25) is 11.8 Å². The van der Waals surface area contributed by atoms with E-state index in [0.29, 0.717) is 27.8 Å². The van der Waals surface area contributed by atoms with E-state index in [-0.39, 0.29) is 35.5 Å². The molecule has 0 aromatic heterocycles. The number of hydrogen-bond acceptors (Lipinski definition) is 5. The van der Waals surface area contributed by atoms with Crippen molar-refractivity contribution in [1.29, 1.82) is 0 Å². The van der Waals surface area contributed by atoms with Crippen molar-refractivity contribution in [3.63, 3.8) is 0 Å². The molecule has 0 aliphatic heterocycles. The predicted octanol–water partition coefficient (Wildman–Crippen LogP) is 6.75. The van der Waals surface area contributed by atoms with Crippen LogP contribution >= 0.6 is 23.2 Å². The Morgan fingerprint density at radius 2 is 1.57 bits per heavy atom. The second-order valence-electron chi connectivity index (χ2n) is 10.8. The van der Waals surface area contributed by atoms with Crippen LogP contribution in [0.15, 0.2) is 108 Å². The lowest BCUT2D eigenvalue weighted by atomic mass is 10.0. The van der Waals surface area contributed by atoms with Gasteiger partial charge in [0.05, 0.1) is 17.7 Å². The van der Waals surface area contributed by atoms with Crippen molar-refractivity contribution in [2.24, 2.45) is 0 Å². The van der Waals surface area contributed by atoms with Crippen molar-refractivity contribution >= 4 is 50.7 Å². The third-order valence-electron chi connectivity index (χ3n) is 7.58. The number of carbonyl (C=O) groups excluding carboxylic acids is 2. The van der Waals surface area contributed by atoms with E-state index in [4.69, 9.17) is 27.9 Å². The van der Waals surface area contributed by atoms with Crippen LogP contribution in [0.4, 0.5) is 5.69 Å². The molecule has 0 heterocycles. The first kappa shape index (κ1) is 34.8. The maximum atomic E-state index is 14.6. The molecule has 0 aliphatic carbocycles. The SMILES string of the molecule is CC[C@@H](C)NC(=O)[C@@H](Cc1ccccc1)N(Cc1ccc(Cl)cc1Cl)C(=O)CN(c1cccc(OC)c1)S(=O)(=O)c1ccccc1. The quantitative estimate of drug-likeness (QED) is 0.159. The van der Waals surface area contributed by atoms with Gasteiger partial charge in [-0.3, -0.25) is 13.9 Å². The van der Waals surface area contributed by atoms with Crippen LogP contribution in [0.5, 0.6) is 5.75 Å². The number of sulfonamides is 1. The van der Waals surface area contributed by atoms with Crippen LogP contribution < -0.4 is 14.4 Å². The summed E-state index contributed by atoms with van der Waals surface area (Å²) in [5, 5.41) is 3.75. The van der Waals surface area contributed by atoms with Crippen molar-refractivity contribution in [3.8, 4) is 5.75 Å². The van der Waals surface area contributed by atoms with Gasteiger partial charge in [0, 0.05) is 35.1 Å². The Morgan fingerprint density at radius 3 is 2.20 bits per heavy atom. The minimum atomic E-state index is -4.24. The van der Waals surface area contributed by atoms with Crippen molar-refractivity contribution in [1.82, 2.24) is 10.2 Å². The lowest BCUT2D eigenvalue weighted by Gasteiger charge is -2.34. The molecule has 0 saturated heterocycles. The highest BCUT2D eigenvalue weighted by molar-refractivity contribution is 7.92. The summed E-state index contributed by atoms with van der Waals surface area (Å²) < 4.78 is 34.6. The topological polar surface area (TPSA) is 96.0 Å². The number of carbonyl (C=O) groups is 2. The Morgan fingerprint density at radius 1 is 0.891 bits per heavy atom. The van der Waals surface area contributed by atoms with Crippen molar-refractivity contribution in [2.75, 3.05) is 18.0 Å². The van der Waals surface area contributed by atoms with Gasteiger partial charge >= 0.3 is 0 Å². The Labute approximate surface area is 280 Å². The fourth-order valence-corrected chi connectivity index (χ4v) is 6.74. The Bertz CT molecular complexity index is 1740. The lowest BCUT2D eigenvalue weighted by molar-refractivity contribution is -0.140. The standard InChI is InChI=1S/C35H37Cl2N3O5S/c1-4-25(2)38-35(42)33(20-26-12-7-5-8-13-26)39(23-27-18-19-28(36)21-32(27)37)34(41)24-40(29-14-11-15-30(22-29)45-3)46(43,44)31-16-9-6-10-17-31/h5-19,21-22,25,33H,4,20,23-24H2,1-3H3,(H,38,42)/t25-,33-/m1/s1. The molecule has 46 heavy (non-hydrogen) atoms. The summed E-state index contributed by atoms with van der Waals surface area (Å²) in [4.78, 5) is 29.9. The van der Waals surface area contributed by atoms with Crippen molar-refractivity contribution in [3.05, 3.63) is 124 Å². The predicted molar refractivity (Wildman–Crippen MR) is 183 cm³/mol. The van der Waals surface area contributed by atoms with E-state index in [1.54, 1.807) is 60.7 Å². The molecule has 0 aliphatic rings. The average Bonchev–Trinajstić information content (AvgIpc) is 3.06. The fraction of sp³-hybridized carbons (Fsp3) is 0.257. The first-order valence-corrected chi connectivity index (χ1v) is 17.0. The van der Waals surface area contributed by atoms with E-state index in [1.807, 2.05) is 44.2 Å². The number of amides is 2. The molecule has 4 rings (SSSR count). The molecular formula is C35H37Cl2N3O5S. The average molecular weight is 683 g/mol. The summed E-state index contributed by atoms with van der Waals surface area (Å²) >= 11 is 12.7. The first-order valence-electron chi connectivity index (χ1n) is 14.8. The number of methoxy groups -OCH3 is 1.